The van der Waals surface area contributed by atoms with E-state index in [9.17, 15) is 0 Å². The average Bonchev–Trinajstić information content (AvgIpc) is 2.25. The Bertz CT molecular complexity index is 431. The molecule has 92 valence electrons. The molecule has 0 heterocycles. The zero-order valence-electron chi connectivity index (χ0n) is 10.3. The van der Waals surface area contributed by atoms with Crippen molar-refractivity contribution >= 4 is 0 Å². The topological polar surface area (TPSA) is 80.5 Å². The third-order valence-corrected chi connectivity index (χ3v) is 1.67. The average molecular weight is 237 g/mol. The number of nitrogens with zero attached hydrogens (tertiary/aromatic N) is 4. The molecule has 0 aromatic heterocycles. The molecule has 0 atom stereocenters. The van der Waals surface area contributed by atoms with Crippen LogP contribution < -0.4 is 0 Å². The van der Waals surface area contributed by atoms with Crippen LogP contribution in [0.3, 0.4) is 0 Å². The van der Waals surface area contributed by atoms with Crippen molar-refractivity contribution in [2.24, 2.45) is 15.5 Å². The normalized spacial score (nSPS) is 14.2. The largest absolute Gasteiger partial charge is 0.506 e. The van der Waals surface area contributed by atoms with Gasteiger partial charge in [0.15, 0.2) is 11.0 Å². The fourth-order valence-electron chi connectivity index (χ4n) is 0.853. The van der Waals surface area contributed by atoms with Gasteiger partial charge < -0.3 is 10.2 Å². The van der Waals surface area contributed by atoms with E-state index in [0.29, 0.717) is 0 Å². The number of hydrogen-bond donors (Lipinski definition) is 2. The number of aliphatic hydroxyl groups excluding tert-OH is 2. The van der Waals surface area contributed by atoms with E-state index in [4.69, 9.17) is 10.2 Å². The number of rotatable bonds is 5. The molecule has 6 heteroatoms. The molecule has 0 spiro atoms. The fraction of sp³-hybridized carbons (Fsp3) is 0.273. The predicted molar refractivity (Wildman–Crippen MR) is 64.5 cm³/mol. The Morgan fingerprint density at radius 2 is 1.53 bits per heavy atom. The van der Waals surface area contributed by atoms with Crippen LogP contribution in [0.5, 0.6) is 0 Å². The molecule has 0 saturated carbocycles. The van der Waals surface area contributed by atoms with Crippen molar-refractivity contribution in [1.82, 2.24) is 0 Å². The van der Waals surface area contributed by atoms with Crippen molar-refractivity contribution in [3.8, 4) is 0 Å². The smallest absolute Gasteiger partial charge is 0.240 e. The van der Waals surface area contributed by atoms with Crippen LogP contribution in [0.1, 0.15) is 13.8 Å². The van der Waals surface area contributed by atoms with Gasteiger partial charge in [0.25, 0.3) is 0 Å². The molecule has 0 radical (unpaired) electrons. The summed E-state index contributed by atoms with van der Waals surface area (Å²) >= 11 is 0. The molecule has 0 fully saturated rings. The second-order valence-corrected chi connectivity index (χ2v) is 3.02. The van der Waals surface area contributed by atoms with Crippen molar-refractivity contribution in [2.45, 2.75) is 13.8 Å². The van der Waals surface area contributed by atoms with Crippen LogP contribution in [0.2, 0.25) is 0 Å². The van der Waals surface area contributed by atoms with E-state index in [-0.39, 0.29) is 22.9 Å². The number of azo groups is 1. The summed E-state index contributed by atoms with van der Waals surface area (Å²) in [5.74, 6) is -0.338. The highest BCUT2D eigenvalue weighted by atomic mass is 16.3. The van der Waals surface area contributed by atoms with E-state index >= 15 is 0 Å². The van der Waals surface area contributed by atoms with E-state index in [1.54, 1.807) is 26.0 Å². The Balaban J connectivity index is 4.92. The van der Waals surface area contributed by atoms with Crippen LogP contribution in [-0.2, 0) is 0 Å². The first-order chi connectivity index (χ1) is 7.92. The molecular weight excluding hydrogens is 220 g/mol. The lowest BCUT2D eigenvalue weighted by Crippen LogP contribution is -1.95. The highest BCUT2D eigenvalue weighted by Gasteiger charge is 2.06. The minimum Gasteiger partial charge on any atom is -0.506 e. The SMILES string of the molecule is C=C(O)/C(=C\C)N=N/[N+](C)=N/C(=C/C)C(=C)O. The quantitative estimate of drug-likeness (QED) is 0.252. The van der Waals surface area contributed by atoms with Crippen LogP contribution >= 0.6 is 0 Å². The summed E-state index contributed by atoms with van der Waals surface area (Å²) in [6, 6.07) is 0. The van der Waals surface area contributed by atoms with Crippen LogP contribution in [0.4, 0.5) is 0 Å². The highest BCUT2D eigenvalue weighted by Crippen LogP contribution is 2.08. The van der Waals surface area contributed by atoms with Gasteiger partial charge in [-0.2, -0.15) is 0 Å². The van der Waals surface area contributed by atoms with Gasteiger partial charge in [-0.1, -0.05) is 24.3 Å². The molecule has 0 saturated heterocycles. The minimum absolute atomic E-state index is 0.160. The molecule has 0 bridgehead atoms. The van der Waals surface area contributed by atoms with E-state index < -0.39 is 0 Å². The van der Waals surface area contributed by atoms with Gasteiger partial charge in [0.2, 0.25) is 5.70 Å². The van der Waals surface area contributed by atoms with Crippen LogP contribution in [0, 0.1) is 0 Å². The summed E-state index contributed by atoms with van der Waals surface area (Å²) in [6.45, 7) is 10.1. The fourth-order valence-corrected chi connectivity index (χ4v) is 0.853. The lowest BCUT2D eigenvalue weighted by Gasteiger charge is -1.94. The molecule has 0 aromatic rings. The minimum atomic E-state index is -0.178. The molecule has 0 amide bonds. The van der Waals surface area contributed by atoms with Crippen molar-refractivity contribution in [1.29, 1.82) is 0 Å². The summed E-state index contributed by atoms with van der Waals surface area (Å²) in [4.78, 5) is 1.14. The van der Waals surface area contributed by atoms with Crippen LogP contribution in [0.15, 0.2) is 63.7 Å². The first-order valence-electron chi connectivity index (χ1n) is 4.88. The first-order valence-corrected chi connectivity index (χ1v) is 4.88. The van der Waals surface area contributed by atoms with Gasteiger partial charge in [-0.25, -0.2) is 0 Å². The van der Waals surface area contributed by atoms with Gasteiger partial charge in [0, 0.05) is 0 Å². The van der Waals surface area contributed by atoms with E-state index in [2.05, 4.69) is 28.6 Å². The zero-order valence-corrected chi connectivity index (χ0v) is 10.3. The molecule has 0 rings (SSSR count). The highest BCUT2D eigenvalue weighted by molar-refractivity contribution is 5.19. The Kier molecular flexibility index (Phi) is 6.17. The molecule has 0 aliphatic rings. The van der Waals surface area contributed by atoms with E-state index in [1.165, 1.54) is 7.05 Å². The van der Waals surface area contributed by atoms with Crippen molar-refractivity contribution in [3.63, 3.8) is 0 Å². The van der Waals surface area contributed by atoms with Gasteiger partial charge in [-0.3, -0.25) is 0 Å². The molecule has 17 heavy (non-hydrogen) atoms. The molecule has 0 aliphatic heterocycles. The van der Waals surface area contributed by atoms with Gasteiger partial charge in [0.05, 0.1) is 5.11 Å². The second kappa shape index (κ2) is 7.10. The number of aliphatic hydroxyl groups is 2. The molecular formula is C11H17N4O2+. The number of hydrogen-bond acceptors (Lipinski definition) is 4. The van der Waals surface area contributed by atoms with Crippen molar-refractivity contribution in [2.75, 3.05) is 7.05 Å². The maximum Gasteiger partial charge on any atom is 0.240 e. The molecule has 0 aromatic carbocycles. The van der Waals surface area contributed by atoms with Gasteiger partial charge in [-0.05, 0) is 24.7 Å². The first kappa shape index (κ1) is 14.8. The lowest BCUT2D eigenvalue weighted by molar-refractivity contribution is -0.577. The second-order valence-electron chi connectivity index (χ2n) is 3.02. The standard InChI is InChI=1S/C11H16N4O2/c1-6-10(8(3)16)12-14-15(5)13-11(7-2)9(4)17/h6-7H,3-4H2,1-2,5H3,(H-,16,17)/p+1/b10-6+,11-7+,14-12?,15-13+. The summed E-state index contributed by atoms with van der Waals surface area (Å²) in [7, 11) is 1.53. The summed E-state index contributed by atoms with van der Waals surface area (Å²) in [5, 5.41) is 29.6. The van der Waals surface area contributed by atoms with Gasteiger partial charge in [-0.15, -0.1) is 0 Å². The monoisotopic (exact) mass is 237 g/mol. The van der Waals surface area contributed by atoms with Gasteiger partial charge in [0.1, 0.15) is 18.5 Å². The maximum atomic E-state index is 9.15. The van der Waals surface area contributed by atoms with Crippen LogP contribution in [0.25, 0.3) is 0 Å². The van der Waals surface area contributed by atoms with Gasteiger partial charge >= 0.3 is 0 Å². The predicted octanol–water partition coefficient (Wildman–Crippen LogP) is 3.40. The van der Waals surface area contributed by atoms with Crippen molar-refractivity contribution < 1.29 is 15.0 Å². The van der Waals surface area contributed by atoms with Crippen molar-refractivity contribution in [3.05, 3.63) is 48.2 Å². The maximum absolute atomic E-state index is 9.15. The zero-order chi connectivity index (χ0) is 13.4. The molecule has 0 unspecified atom stereocenters. The molecule has 2 N–H and O–H groups in total. The lowest BCUT2D eigenvalue weighted by atomic mass is 10.4. The van der Waals surface area contributed by atoms with Crippen LogP contribution in [-0.4, -0.2) is 22.1 Å². The Morgan fingerprint density at radius 3 is 1.88 bits per heavy atom. The molecule has 6 nitrogen and oxygen atoms in total. The summed E-state index contributed by atoms with van der Waals surface area (Å²) < 4.78 is 0. The summed E-state index contributed by atoms with van der Waals surface area (Å²) in [5.41, 5.74) is 0.535. The van der Waals surface area contributed by atoms with E-state index in [0.717, 1.165) is 4.81 Å². The Hall–Kier alpha value is -2.24. The Morgan fingerprint density at radius 1 is 1.06 bits per heavy atom. The summed E-state index contributed by atoms with van der Waals surface area (Å²) in [6.07, 6.45) is 3.14. The third-order valence-electron chi connectivity index (χ3n) is 1.67. The third kappa shape index (κ3) is 5.41. The Labute approximate surface area is 100 Å². The van der Waals surface area contributed by atoms with E-state index in [1.807, 2.05) is 0 Å². The number of allylic oxidation sites excluding steroid dienone is 2. The molecule has 0 aliphatic carbocycles.